The highest BCUT2D eigenvalue weighted by Crippen LogP contribution is 2.24. The molecule has 0 aliphatic carbocycles. The Hall–Kier alpha value is -2.49. The predicted octanol–water partition coefficient (Wildman–Crippen LogP) is 4.52. The molecule has 0 spiro atoms. The number of hydrogen-bond acceptors (Lipinski definition) is 3. The number of nitrogens with zero attached hydrogens (tertiary/aromatic N) is 1. The van der Waals surface area contributed by atoms with Crippen molar-refractivity contribution in [3.8, 4) is 11.5 Å². The number of amides is 1. The Kier molecular flexibility index (Phi) is 5.82. The predicted molar refractivity (Wildman–Crippen MR) is 103 cm³/mol. The van der Waals surface area contributed by atoms with Gasteiger partial charge in [0.1, 0.15) is 18.1 Å². The molecule has 3 rings (SSSR count). The Morgan fingerprint density at radius 3 is 2.46 bits per heavy atom. The molecule has 2 aromatic rings. The minimum absolute atomic E-state index is 0.0970. The van der Waals surface area contributed by atoms with Crippen LogP contribution in [-0.4, -0.2) is 31.0 Å². The summed E-state index contributed by atoms with van der Waals surface area (Å²) in [5.41, 5.74) is 4.02. The van der Waals surface area contributed by atoms with Gasteiger partial charge in [-0.25, -0.2) is 0 Å². The van der Waals surface area contributed by atoms with Crippen LogP contribution in [0.5, 0.6) is 11.5 Å². The minimum Gasteiger partial charge on any atom is -0.496 e. The van der Waals surface area contributed by atoms with Crippen molar-refractivity contribution in [3.63, 3.8) is 0 Å². The summed E-state index contributed by atoms with van der Waals surface area (Å²) in [5.74, 6) is 1.66. The zero-order valence-electron chi connectivity index (χ0n) is 15.9. The first-order valence-electron chi connectivity index (χ1n) is 9.24. The Bertz CT molecular complexity index is 779. The van der Waals surface area contributed by atoms with Crippen LogP contribution in [0.1, 0.15) is 46.3 Å². The van der Waals surface area contributed by atoms with E-state index in [1.807, 2.05) is 35.2 Å². The number of benzene rings is 2. The Labute approximate surface area is 155 Å². The van der Waals surface area contributed by atoms with E-state index in [4.69, 9.17) is 9.47 Å². The van der Waals surface area contributed by atoms with Crippen molar-refractivity contribution in [2.75, 3.05) is 20.2 Å². The van der Waals surface area contributed by atoms with Crippen LogP contribution < -0.4 is 9.47 Å². The fraction of sp³-hybridized carbons (Fsp3) is 0.409. The lowest BCUT2D eigenvalue weighted by Gasteiger charge is -2.27. The number of piperidine rings is 1. The summed E-state index contributed by atoms with van der Waals surface area (Å²) < 4.78 is 11.4. The van der Waals surface area contributed by atoms with E-state index >= 15 is 0 Å². The lowest BCUT2D eigenvalue weighted by atomic mass is 10.1. The van der Waals surface area contributed by atoms with Gasteiger partial charge in [0, 0.05) is 24.2 Å². The van der Waals surface area contributed by atoms with Crippen molar-refractivity contribution in [2.45, 2.75) is 39.7 Å². The van der Waals surface area contributed by atoms with Gasteiger partial charge < -0.3 is 14.4 Å². The summed E-state index contributed by atoms with van der Waals surface area (Å²) in [5, 5.41) is 0. The van der Waals surface area contributed by atoms with Crippen LogP contribution in [0.3, 0.4) is 0 Å². The molecule has 4 nitrogen and oxygen atoms in total. The van der Waals surface area contributed by atoms with Gasteiger partial charge in [-0.3, -0.25) is 4.79 Å². The average Bonchev–Trinajstić information content (AvgIpc) is 2.68. The van der Waals surface area contributed by atoms with E-state index < -0.39 is 0 Å². The van der Waals surface area contributed by atoms with Crippen LogP contribution in [0, 0.1) is 13.8 Å². The van der Waals surface area contributed by atoms with Crippen LogP contribution in [0.2, 0.25) is 0 Å². The monoisotopic (exact) mass is 353 g/mol. The SMILES string of the molecule is COc1ccc(C(=O)N2CCCCC2)cc1COc1ccc(C)c(C)c1. The quantitative estimate of drug-likeness (QED) is 0.793. The molecule has 0 atom stereocenters. The molecule has 4 heteroatoms. The standard InChI is InChI=1S/C22H27NO3/c1-16-7-9-20(13-17(16)2)26-15-19-14-18(8-10-21(19)25-3)22(24)23-11-5-4-6-12-23/h7-10,13-14H,4-6,11-12,15H2,1-3H3. The molecular formula is C22H27NO3. The second kappa shape index (κ2) is 8.26. The second-order valence-electron chi connectivity index (χ2n) is 6.91. The van der Waals surface area contributed by atoms with E-state index in [0.29, 0.717) is 12.2 Å². The van der Waals surface area contributed by atoms with Crippen LogP contribution in [-0.2, 0) is 6.61 Å². The molecule has 1 amide bonds. The first-order valence-corrected chi connectivity index (χ1v) is 9.24. The maximum Gasteiger partial charge on any atom is 0.253 e. The van der Waals surface area contributed by atoms with Gasteiger partial charge in [-0.15, -0.1) is 0 Å². The third-order valence-corrected chi connectivity index (χ3v) is 5.04. The van der Waals surface area contributed by atoms with E-state index in [9.17, 15) is 4.79 Å². The number of carbonyl (C=O) groups is 1. The van der Waals surface area contributed by atoms with E-state index in [1.165, 1.54) is 17.5 Å². The first kappa shape index (κ1) is 18.3. The molecule has 0 saturated carbocycles. The molecule has 138 valence electrons. The summed E-state index contributed by atoms with van der Waals surface area (Å²) in [6, 6.07) is 11.7. The molecule has 0 radical (unpaired) electrons. The van der Waals surface area contributed by atoms with Gasteiger partial charge in [0.15, 0.2) is 0 Å². The number of methoxy groups -OCH3 is 1. The summed E-state index contributed by atoms with van der Waals surface area (Å²) in [6.07, 6.45) is 3.39. The van der Waals surface area contributed by atoms with E-state index in [-0.39, 0.29) is 5.91 Å². The number of hydrogen-bond donors (Lipinski definition) is 0. The van der Waals surface area contributed by atoms with Gasteiger partial charge in [0.05, 0.1) is 7.11 Å². The van der Waals surface area contributed by atoms with Crippen molar-refractivity contribution < 1.29 is 14.3 Å². The third kappa shape index (κ3) is 4.18. The Morgan fingerprint density at radius 1 is 1.00 bits per heavy atom. The van der Waals surface area contributed by atoms with Gasteiger partial charge in [-0.05, 0) is 74.6 Å². The fourth-order valence-electron chi connectivity index (χ4n) is 3.27. The normalized spacial score (nSPS) is 14.2. The minimum atomic E-state index is 0.0970. The largest absolute Gasteiger partial charge is 0.496 e. The van der Waals surface area contributed by atoms with Gasteiger partial charge in [0.25, 0.3) is 5.91 Å². The number of rotatable bonds is 5. The van der Waals surface area contributed by atoms with Crippen LogP contribution >= 0.6 is 0 Å². The number of likely N-dealkylation sites (tertiary alicyclic amines) is 1. The van der Waals surface area contributed by atoms with Crippen molar-refractivity contribution in [2.24, 2.45) is 0 Å². The molecule has 1 fully saturated rings. The number of carbonyl (C=O) groups excluding carboxylic acids is 1. The molecule has 1 aliphatic heterocycles. The lowest BCUT2D eigenvalue weighted by molar-refractivity contribution is 0.0724. The zero-order chi connectivity index (χ0) is 18.5. The highest BCUT2D eigenvalue weighted by atomic mass is 16.5. The van der Waals surface area contributed by atoms with E-state index in [1.54, 1.807) is 7.11 Å². The highest BCUT2D eigenvalue weighted by Gasteiger charge is 2.19. The van der Waals surface area contributed by atoms with Gasteiger partial charge in [-0.1, -0.05) is 6.07 Å². The van der Waals surface area contributed by atoms with Crippen molar-refractivity contribution >= 4 is 5.91 Å². The van der Waals surface area contributed by atoms with Gasteiger partial charge in [-0.2, -0.15) is 0 Å². The molecule has 0 N–H and O–H groups in total. The maximum atomic E-state index is 12.8. The molecule has 1 heterocycles. The third-order valence-electron chi connectivity index (χ3n) is 5.04. The summed E-state index contributed by atoms with van der Waals surface area (Å²) >= 11 is 0. The summed E-state index contributed by atoms with van der Waals surface area (Å²) in [4.78, 5) is 14.7. The number of aryl methyl sites for hydroxylation is 2. The number of ether oxygens (including phenoxy) is 2. The molecule has 1 aliphatic rings. The van der Waals surface area contributed by atoms with Gasteiger partial charge >= 0.3 is 0 Å². The molecular weight excluding hydrogens is 326 g/mol. The van der Waals surface area contributed by atoms with Crippen molar-refractivity contribution in [1.82, 2.24) is 4.90 Å². The van der Waals surface area contributed by atoms with E-state index in [0.717, 1.165) is 43.0 Å². The summed E-state index contributed by atoms with van der Waals surface area (Å²) in [7, 11) is 1.64. The van der Waals surface area contributed by atoms with E-state index in [2.05, 4.69) is 19.9 Å². The molecule has 0 aromatic heterocycles. The smallest absolute Gasteiger partial charge is 0.253 e. The maximum absolute atomic E-state index is 12.8. The highest BCUT2D eigenvalue weighted by molar-refractivity contribution is 5.94. The Balaban J connectivity index is 1.76. The van der Waals surface area contributed by atoms with Crippen molar-refractivity contribution in [1.29, 1.82) is 0 Å². The Morgan fingerprint density at radius 2 is 1.77 bits per heavy atom. The fourth-order valence-corrected chi connectivity index (χ4v) is 3.27. The van der Waals surface area contributed by atoms with Crippen LogP contribution in [0.4, 0.5) is 0 Å². The van der Waals surface area contributed by atoms with Crippen LogP contribution in [0.25, 0.3) is 0 Å². The second-order valence-corrected chi connectivity index (χ2v) is 6.91. The zero-order valence-corrected chi connectivity index (χ0v) is 15.9. The molecule has 0 bridgehead atoms. The molecule has 0 unspecified atom stereocenters. The summed E-state index contributed by atoms with van der Waals surface area (Å²) in [6.45, 7) is 6.21. The average molecular weight is 353 g/mol. The first-order chi connectivity index (χ1) is 12.6. The molecule has 2 aromatic carbocycles. The molecule has 1 saturated heterocycles. The van der Waals surface area contributed by atoms with Crippen LogP contribution in [0.15, 0.2) is 36.4 Å². The van der Waals surface area contributed by atoms with Crippen molar-refractivity contribution in [3.05, 3.63) is 58.7 Å². The van der Waals surface area contributed by atoms with Gasteiger partial charge in [0.2, 0.25) is 0 Å². The lowest BCUT2D eigenvalue weighted by Crippen LogP contribution is -2.35. The molecule has 26 heavy (non-hydrogen) atoms. The topological polar surface area (TPSA) is 38.8 Å².